The van der Waals surface area contributed by atoms with E-state index in [0.29, 0.717) is 54.6 Å². The quantitative estimate of drug-likeness (QED) is 0.118. The maximum Gasteiger partial charge on any atom is 1.00 e. The molecule has 0 radical (unpaired) electrons. The van der Waals surface area contributed by atoms with Crippen molar-refractivity contribution in [2.75, 3.05) is 0 Å². The van der Waals surface area contributed by atoms with Gasteiger partial charge in [0.15, 0.2) is 0 Å². The molecule has 4 aliphatic carbocycles. The number of aliphatic hydroxyl groups is 1. The number of ether oxygens (including phenoxy) is 2. The Kier molecular flexibility index (Phi) is 9.45. The van der Waals surface area contributed by atoms with Gasteiger partial charge in [-0.25, -0.2) is 8.42 Å². The predicted octanol–water partition coefficient (Wildman–Crippen LogP) is 1.62. The van der Waals surface area contributed by atoms with Gasteiger partial charge in [-0.15, -0.1) is 0 Å². The molecule has 1 heterocycles. The summed E-state index contributed by atoms with van der Waals surface area (Å²) in [5, 5.41) is 11.0. The zero-order valence-corrected chi connectivity index (χ0v) is 28.3. The molecule has 4 fully saturated rings. The maximum absolute atomic E-state index is 11.9. The minimum absolute atomic E-state index is 0. The average Bonchev–Trinajstić information content (AvgIpc) is 3.54. The Hall–Kier alpha value is -0.000000000000000222. The standard InChI is InChI=1S/C30H48O8S.Na/c1-15(2)16(3)26-27(37-26)17(4)20-10-11-21-19-8-9-23-28(38-39(33,34)35)25(32)24(36-18(5)31)14-30(23,7)22(19)12-13-29(20,21)6;/h8,15-17,20-28,32H,9-14H2,1-7H3,(H,33,34,35);/q;+1/p-1/t16-,17+,20-,21+,22+,23+,24-,25+,26+,27+,28+,29-,30-;/m1./s1. The molecule has 0 aromatic carbocycles. The van der Waals surface area contributed by atoms with Crippen LogP contribution in [0, 0.1) is 52.3 Å². The molecule has 40 heavy (non-hydrogen) atoms. The molecule has 0 spiro atoms. The van der Waals surface area contributed by atoms with Crippen LogP contribution in [0.15, 0.2) is 11.6 Å². The van der Waals surface area contributed by atoms with Crippen molar-refractivity contribution in [3.8, 4) is 0 Å². The van der Waals surface area contributed by atoms with Gasteiger partial charge in [-0.2, -0.15) is 0 Å². The van der Waals surface area contributed by atoms with E-state index >= 15 is 0 Å². The van der Waals surface area contributed by atoms with Crippen LogP contribution < -0.4 is 29.6 Å². The summed E-state index contributed by atoms with van der Waals surface area (Å²) < 4.78 is 51.7. The summed E-state index contributed by atoms with van der Waals surface area (Å²) in [7, 11) is -5.06. The van der Waals surface area contributed by atoms with E-state index in [-0.39, 0.29) is 46.8 Å². The largest absolute Gasteiger partial charge is 1.00 e. The van der Waals surface area contributed by atoms with E-state index in [4.69, 9.17) is 13.7 Å². The first kappa shape index (κ1) is 32.9. The van der Waals surface area contributed by atoms with Gasteiger partial charge in [-0.3, -0.25) is 8.98 Å². The zero-order chi connectivity index (χ0) is 28.7. The molecule has 1 N–H and O–H groups in total. The topological polar surface area (TPSA) is 125 Å². The maximum atomic E-state index is 11.9. The molecule has 13 atom stereocenters. The predicted molar refractivity (Wildman–Crippen MR) is 144 cm³/mol. The fraction of sp³-hybridized carbons (Fsp3) is 0.900. The number of epoxide rings is 1. The summed E-state index contributed by atoms with van der Waals surface area (Å²) in [6.45, 7) is 15.1. The molecule has 1 saturated heterocycles. The van der Waals surface area contributed by atoms with E-state index in [1.165, 1.54) is 18.9 Å². The molecule has 0 aromatic rings. The second-order valence-electron chi connectivity index (χ2n) is 14.2. The molecule has 8 nitrogen and oxygen atoms in total. The molecule has 10 heteroatoms. The third kappa shape index (κ3) is 5.64. The third-order valence-corrected chi connectivity index (χ3v) is 12.5. The van der Waals surface area contributed by atoms with Crippen LogP contribution in [0.5, 0.6) is 0 Å². The summed E-state index contributed by atoms with van der Waals surface area (Å²) in [6.07, 6.45) is 4.62. The normalized spacial score (nSPS) is 45.8. The summed E-state index contributed by atoms with van der Waals surface area (Å²) in [4.78, 5) is 11.9. The van der Waals surface area contributed by atoms with Gasteiger partial charge in [0.25, 0.3) is 0 Å². The minimum atomic E-state index is -5.06. The molecule has 222 valence electrons. The van der Waals surface area contributed by atoms with Crippen LogP contribution in [0.3, 0.4) is 0 Å². The van der Waals surface area contributed by atoms with Crippen LogP contribution in [-0.2, 0) is 28.9 Å². The van der Waals surface area contributed by atoms with Gasteiger partial charge in [-0.1, -0.05) is 53.2 Å². The van der Waals surface area contributed by atoms with Gasteiger partial charge in [0, 0.05) is 6.92 Å². The van der Waals surface area contributed by atoms with E-state index in [1.54, 1.807) is 0 Å². The number of rotatable bonds is 7. The first-order chi connectivity index (χ1) is 18.1. The van der Waals surface area contributed by atoms with Crippen molar-refractivity contribution < 1.29 is 66.1 Å². The van der Waals surface area contributed by atoms with Crippen LogP contribution in [0.2, 0.25) is 0 Å². The summed E-state index contributed by atoms with van der Waals surface area (Å²) in [5.41, 5.74) is 1.13. The van der Waals surface area contributed by atoms with Gasteiger partial charge in [0.05, 0.1) is 12.2 Å². The van der Waals surface area contributed by atoms with Crippen LogP contribution in [0.4, 0.5) is 0 Å². The molecule has 3 saturated carbocycles. The van der Waals surface area contributed by atoms with E-state index < -0.39 is 40.1 Å². The van der Waals surface area contributed by atoms with Gasteiger partial charge >= 0.3 is 35.5 Å². The molecule has 0 amide bonds. The van der Waals surface area contributed by atoms with Crippen molar-refractivity contribution in [3.63, 3.8) is 0 Å². The SMILES string of the molecule is CC(=O)O[C@@H]1C[C@]2(C)[C@H]3CC[C@]4(C)[C@@H]([C@H](C)[C@@H]5O[C@H]5[C@H](C)C(C)C)CC[C@H]4C3=CC[C@H]2[C@H](OS(=O)(=O)[O-])[C@H]1O.[Na+]. The van der Waals surface area contributed by atoms with Crippen molar-refractivity contribution in [3.05, 3.63) is 11.6 Å². The fourth-order valence-corrected chi connectivity index (χ4v) is 10.2. The first-order valence-corrected chi connectivity index (χ1v) is 16.3. The second kappa shape index (κ2) is 11.5. The Labute approximate surface area is 262 Å². The average molecular weight is 591 g/mol. The van der Waals surface area contributed by atoms with E-state index in [2.05, 4.69) is 47.6 Å². The molecular weight excluding hydrogens is 543 g/mol. The molecule has 0 aromatic heterocycles. The Morgan fingerprint density at radius 3 is 2.35 bits per heavy atom. The number of carbonyl (C=O) groups excluding carboxylic acids is 1. The number of fused-ring (bicyclic) bond motifs is 5. The first-order valence-electron chi connectivity index (χ1n) is 14.9. The van der Waals surface area contributed by atoms with E-state index in [0.717, 1.165) is 19.3 Å². The Morgan fingerprint density at radius 2 is 1.75 bits per heavy atom. The smallest absolute Gasteiger partial charge is 0.726 e. The number of aliphatic hydroxyl groups excluding tert-OH is 1. The minimum Gasteiger partial charge on any atom is -0.726 e. The summed E-state index contributed by atoms with van der Waals surface area (Å²) in [6, 6.07) is 0. The molecule has 5 aliphatic rings. The molecule has 5 rings (SSSR count). The summed E-state index contributed by atoms with van der Waals surface area (Å²) >= 11 is 0. The van der Waals surface area contributed by atoms with Crippen molar-refractivity contribution in [1.29, 1.82) is 0 Å². The number of hydrogen-bond donors (Lipinski definition) is 1. The van der Waals surface area contributed by atoms with Crippen molar-refractivity contribution >= 4 is 16.4 Å². The van der Waals surface area contributed by atoms with E-state index in [1.807, 2.05) is 0 Å². The van der Waals surface area contributed by atoms with E-state index in [9.17, 15) is 22.9 Å². The van der Waals surface area contributed by atoms with Crippen molar-refractivity contribution in [2.24, 2.45) is 52.3 Å². The van der Waals surface area contributed by atoms with Gasteiger partial charge in [-0.05, 0) is 90.8 Å². The Morgan fingerprint density at radius 1 is 1.10 bits per heavy atom. The van der Waals surface area contributed by atoms with Crippen LogP contribution in [0.25, 0.3) is 0 Å². The van der Waals surface area contributed by atoms with Crippen molar-refractivity contribution in [2.45, 2.75) is 118 Å². The van der Waals surface area contributed by atoms with Crippen LogP contribution >= 0.6 is 0 Å². The molecule has 0 bridgehead atoms. The van der Waals surface area contributed by atoms with Gasteiger partial charge in [0.1, 0.15) is 18.3 Å². The van der Waals surface area contributed by atoms with Gasteiger partial charge < -0.3 is 19.1 Å². The Bertz CT molecular complexity index is 1110. The molecular formula is C30H47NaO8S. The number of allylic oxidation sites excluding steroid dienone is 2. The Balaban J connectivity index is 0.00000370. The number of carbonyl (C=O) groups is 1. The number of hydrogen-bond acceptors (Lipinski definition) is 8. The molecule has 1 aliphatic heterocycles. The summed E-state index contributed by atoms with van der Waals surface area (Å²) in [5.74, 6) is 1.90. The fourth-order valence-electron chi connectivity index (χ4n) is 9.67. The van der Waals surface area contributed by atoms with Crippen LogP contribution in [-0.4, -0.2) is 54.6 Å². The van der Waals surface area contributed by atoms with Crippen molar-refractivity contribution in [1.82, 2.24) is 0 Å². The zero-order valence-electron chi connectivity index (χ0n) is 25.5. The van der Waals surface area contributed by atoms with Gasteiger partial charge in [0.2, 0.25) is 10.4 Å². The third-order valence-electron chi connectivity index (χ3n) is 12.0. The van der Waals surface area contributed by atoms with Crippen LogP contribution in [0.1, 0.15) is 87.0 Å². The monoisotopic (exact) mass is 590 g/mol. The second-order valence-corrected chi connectivity index (χ2v) is 15.2. The molecule has 0 unspecified atom stereocenters. The number of esters is 1.